The third-order valence-corrected chi connectivity index (χ3v) is 3.92. The number of carbonyl (C=O) groups excluding carboxylic acids is 2. The lowest BCUT2D eigenvalue weighted by Crippen LogP contribution is -2.44. The molecule has 1 aromatic heterocycles. The second kappa shape index (κ2) is 6.71. The van der Waals surface area contributed by atoms with E-state index in [1.165, 1.54) is 0 Å². The van der Waals surface area contributed by atoms with E-state index in [1.807, 2.05) is 6.92 Å². The van der Waals surface area contributed by atoms with E-state index in [9.17, 15) is 9.59 Å². The fraction of sp³-hybridized carbons (Fsp3) is 0.643. The fourth-order valence-electron chi connectivity index (χ4n) is 2.55. The first-order valence-electron chi connectivity index (χ1n) is 7.22. The van der Waals surface area contributed by atoms with Crippen LogP contribution < -0.4 is 5.73 Å². The smallest absolute Gasteiger partial charge is 0.236 e. The molecule has 0 bridgehead atoms. The summed E-state index contributed by atoms with van der Waals surface area (Å²) >= 11 is 0. The number of hydrogen-bond donors (Lipinski definition) is 2. The summed E-state index contributed by atoms with van der Waals surface area (Å²) in [7, 11) is 1.77. The third kappa shape index (κ3) is 4.29. The van der Waals surface area contributed by atoms with Crippen LogP contribution in [-0.2, 0) is 16.1 Å². The quantitative estimate of drug-likeness (QED) is 0.791. The molecule has 0 radical (unpaired) electrons. The van der Waals surface area contributed by atoms with Gasteiger partial charge in [-0.25, -0.2) is 4.98 Å². The standard InChI is InChI=1S/C14H23N5O2/c1-10-7-16-12(17-10)8-18(2)13(20)9-19-5-3-11(4-6-19)14(15)21/h7,11H,3-6,8-9H2,1-2H3,(H2,15,21)(H,16,17). The number of likely N-dealkylation sites (tertiary alicyclic amines) is 1. The van der Waals surface area contributed by atoms with E-state index in [-0.39, 0.29) is 17.7 Å². The number of piperidine rings is 1. The summed E-state index contributed by atoms with van der Waals surface area (Å²) in [5.74, 6) is 0.573. The molecule has 1 aliphatic heterocycles. The van der Waals surface area contributed by atoms with Crippen LogP contribution in [0.3, 0.4) is 0 Å². The number of nitrogens with one attached hydrogen (secondary N) is 1. The lowest BCUT2D eigenvalue weighted by Gasteiger charge is -2.31. The number of aromatic amines is 1. The molecule has 0 saturated carbocycles. The van der Waals surface area contributed by atoms with Crippen molar-refractivity contribution in [3.05, 3.63) is 17.7 Å². The summed E-state index contributed by atoms with van der Waals surface area (Å²) in [5.41, 5.74) is 6.29. The van der Waals surface area contributed by atoms with Crippen LogP contribution >= 0.6 is 0 Å². The van der Waals surface area contributed by atoms with Gasteiger partial charge in [-0.15, -0.1) is 0 Å². The number of imidazole rings is 1. The number of carbonyl (C=O) groups is 2. The fourth-order valence-corrected chi connectivity index (χ4v) is 2.55. The Kier molecular flexibility index (Phi) is 4.95. The van der Waals surface area contributed by atoms with Crippen molar-refractivity contribution >= 4 is 11.8 Å². The highest BCUT2D eigenvalue weighted by Gasteiger charge is 2.25. The molecule has 7 heteroatoms. The number of amides is 2. The molecule has 1 aliphatic rings. The Hall–Kier alpha value is -1.89. The van der Waals surface area contributed by atoms with Crippen molar-refractivity contribution in [2.45, 2.75) is 26.3 Å². The predicted molar refractivity (Wildman–Crippen MR) is 78.2 cm³/mol. The second-order valence-electron chi connectivity index (χ2n) is 5.72. The van der Waals surface area contributed by atoms with E-state index in [2.05, 4.69) is 14.9 Å². The molecule has 2 heterocycles. The predicted octanol–water partition coefficient (Wildman–Crippen LogP) is -0.126. The Morgan fingerprint density at radius 1 is 1.48 bits per heavy atom. The second-order valence-corrected chi connectivity index (χ2v) is 5.72. The number of H-pyrrole nitrogens is 1. The minimum Gasteiger partial charge on any atom is -0.369 e. The van der Waals surface area contributed by atoms with Crippen molar-refractivity contribution in [1.82, 2.24) is 19.8 Å². The molecule has 1 saturated heterocycles. The highest BCUT2D eigenvalue weighted by molar-refractivity contribution is 5.78. The summed E-state index contributed by atoms with van der Waals surface area (Å²) in [6.45, 7) is 4.27. The molecule has 0 aromatic carbocycles. The lowest BCUT2D eigenvalue weighted by atomic mass is 9.96. The molecule has 0 spiro atoms. The largest absolute Gasteiger partial charge is 0.369 e. The summed E-state index contributed by atoms with van der Waals surface area (Å²) in [6, 6.07) is 0. The number of hydrogen-bond acceptors (Lipinski definition) is 4. The van der Waals surface area contributed by atoms with Crippen molar-refractivity contribution < 1.29 is 9.59 Å². The number of nitrogens with zero attached hydrogens (tertiary/aromatic N) is 3. The van der Waals surface area contributed by atoms with Crippen LogP contribution in [0.5, 0.6) is 0 Å². The molecule has 2 rings (SSSR count). The Morgan fingerprint density at radius 2 is 2.14 bits per heavy atom. The van der Waals surface area contributed by atoms with Gasteiger partial charge in [-0.2, -0.15) is 0 Å². The van der Waals surface area contributed by atoms with Crippen LogP contribution in [0, 0.1) is 12.8 Å². The number of aromatic nitrogens is 2. The zero-order valence-electron chi connectivity index (χ0n) is 12.6. The summed E-state index contributed by atoms with van der Waals surface area (Å²) in [6.07, 6.45) is 3.23. The van der Waals surface area contributed by atoms with Gasteiger partial charge in [0, 0.05) is 24.9 Å². The van der Waals surface area contributed by atoms with E-state index in [4.69, 9.17) is 5.73 Å². The molecule has 2 amide bonds. The average molecular weight is 293 g/mol. The minimum absolute atomic E-state index is 0.0415. The SMILES string of the molecule is Cc1cnc(CN(C)C(=O)CN2CCC(C(N)=O)CC2)[nH]1. The number of likely N-dealkylation sites (N-methyl/N-ethyl adjacent to an activating group) is 1. The third-order valence-electron chi connectivity index (χ3n) is 3.92. The minimum atomic E-state index is -0.230. The molecular weight excluding hydrogens is 270 g/mol. The zero-order chi connectivity index (χ0) is 15.4. The van der Waals surface area contributed by atoms with Crippen LogP contribution in [-0.4, -0.2) is 58.3 Å². The van der Waals surface area contributed by atoms with E-state index in [0.29, 0.717) is 13.1 Å². The average Bonchev–Trinajstić information content (AvgIpc) is 2.84. The van der Waals surface area contributed by atoms with Crippen molar-refractivity contribution in [3.63, 3.8) is 0 Å². The first-order valence-corrected chi connectivity index (χ1v) is 7.22. The lowest BCUT2D eigenvalue weighted by molar-refractivity contribution is -0.132. The molecule has 3 N–H and O–H groups in total. The van der Waals surface area contributed by atoms with Gasteiger partial charge >= 0.3 is 0 Å². The maximum absolute atomic E-state index is 12.2. The zero-order valence-corrected chi connectivity index (χ0v) is 12.6. The Balaban J connectivity index is 1.77. The number of nitrogens with two attached hydrogens (primary N) is 1. The summed E-state index contributed by atoms with van der Waals surface area (Å²) < 4.78 is 0. The molecule has 1 aromatic rings. The van der Waals surface area contributed by atoms with Gasteiger partial charge in [-0.1, -0.05) is 0 Å². The van der Waals surface area contributed by atoms with E-state index < -0.39 is 0 Å². The highest BCUT2D eigenvalue weighted by Crippen LogP contribution is 2.16. The van der Waals surface area contributed by atoms with Crippen molar-refractivity contribution in [2.24, 2.45) is 11.7 Å². The maximum Gasteiger partial charge on any atom is 0.236 e. The summed E-state index contributed by atoms with van der Waals surface area (Å²) in [5, 5.41) is 0. The van der Waals surface area contributed by atoms with Gasteiger partial charge in [0.25, 0.3) is 0 Å². The topological polar surface area (TPSA) is 95.3 Å². The molecule has 0 unspecified atom stereocenters. The molecule has 7 nitrogen and oxygen atoms in total. The van der Waals surface area contributed by atoms with Crippen LogP contribution in [0.4, 0.5) is 0 Å². The van der Waals surface area contributed by atoms with Gasteiger partial charge < -0.3 is 15.6 Å². The van der Waals surface area contributed by atoms with E-state index in [1.54, 1.807) is 18.1 Å². The first kappa shape index (κ1) is 15.5. The molecule has 0 aliphatic carbocycles. The van der Waals surface area contributed by atoms with E-state index in [0.717, 1.165) is 37.4 Å². The molecule has 21 heavy (non-hydrogen) atoms. The number of primary amides is 1. The molecule has 0 atom stereocenters. The van der Waals surface area contributed by atoms with Crippen LogP contribution in [0.2, 0.25) is 0 Å². The monoisotopic (exact) mass is 293 g/mol. The maximum atomic E-state index is 12.2. The highest BCUT2D eigenvalue weighted by atomic mass is 16.2. The van der Waals surface area contributed by atoms with Crippen LogP contribution in [0.15, 0.2) is 6.20 Å². The molecular formula is C14H23N5O2. The van der Waals surface area contributed by atoms with Gasteiger partial charge in [0.15, 0.2) is 0 Å². The van der Waals surface area contributed by atoms with Gasteiger partial charge in [0.05, 0.1) is 13.1 Å². The Labute approximate surface area is 124 Å². The Bertz CT molecular complexity index is 505. The van der Waals surface area contributed by atoms with Gasteiger partial charge in [-0.3, -0.25) is 14.5 Å². The van der Waals surface area contributed by atoms with Crippen LogP contribution in [0.25, 0.3) is 0 Å². The van der Waals surface area contributed by atoms with Crippen molar-refractivity contribution in [3.8, 4) is 0 Å². The normalized spacial score (nSPS) is 16.9. The van der Waals surface area contributed by atoms with Gasteiger partial charge in [0.2, 0.25) is 11.8 Å². The van der Waals surface area contributed by atoms with Gasteiger partial charge in [-0.05, 0) is 32.9 Å². The van der Waals surface area contributed by atoms with Crippen molar-refractivity contribution in [2.75, 3.05) is 26.7 Å². The molecule has 116 valence electrons. The van der Waals surface area contributed by atoms with E-state index >= 15 is 0 Å². The van der Waals surface area contributed by atoms with Crippen LogP contribution in [0.1, 0.15) is 24.4 Å². The first-order chi connectivity index (χ1) is 9.95. The summed E-state index contributed by atoms with van der Waals surface area (Å²) in [4.78, 5) is 34.4. The molecule has 1 fully saturated rings. The van der Waals surface area contributed by atoms with Crippen molar-refractivity contribution in [1.29, 1.82) is 0 Å². The Morgan fingerprint density at radius 3 is 2.67 bits per heavy atom. The van der Waals surface area contributed by atoms with Gasteiger partial charge in [0.1, 0.15) is 5.82 Å². The number of aryl methyl sites for hydroxylation is 1. The number of rotatable bonds is 5.